The summed E-state index contributed by atoms with van der Waals surface area (Å²) in [5.41, 5.74) is 7.22. The topological polar surface area (TPSA) is 121 Å². The fourth-order valence-corrected chi connectivity index (χ4v) is 4.04. The average molecular weight is 488 g/mol. The first-order valence-electron chi connectivity index (χ1n) is 11.2. The summed E-state index contributed by atoms with van der Waals surface area (Å²) in [6, 6.07) is 16.9. The van der Waals surface area contributed by atoms with Gasteiger partial charge in [-0.2, -0.15) is 0 Å². The van der Waals surface area contributed by atoms with Crippen molar-refractivity contribution in [1.82, 2.24) is 0 Å². The Morgan fingerprint density at radius 2 is 1.89 bits per heavy atom. The third kappa shape index (κ3) is 4.82. The zero-order valence-corrected chi connectivity index (χ0v) is 19.0. The molecule has 1 aliphatic rings. The Hall–Kier alpha value is -4.50. The molecule has 5 rings (SSSR count). The zero-order valence-electron chi connectivity index (χ0n) is 19.0. The molecule has 8 nitrogen and oxygen atoms in total. The lowest BCUT2D eigenvalue weighted by Crippen LogP contribution is -2.20. The number of primary amides is 1. The van der Waals surface area contributed by atoms with E-state index in [0.717, 1.165) is 17.2 Å². The molecule has 2 amide bonds. The van der Waals surface area contributed by atoms with E-state index in [1.165, 1.54) is 18.2 Å². The molecule has 3 aromatic carbocycles. The summed E-state index contributed by atoms with van der Waals surface area (Å²) in [6.45, 7) is 0.674. The maximum Gasteiger partial charge on any atom is 0.284 e. The number of hydrogen-bond acceptors (Lipinski definition) is 6. The SMILES string of the molecule is NC(=O)c1cc(=O)c2cccc(NC(=O)c3ccc4c(c3)CC(COCc3ccc(F)cc3)O4)c2o1. The second kappa shape index (κ2) is 9.63. The van der Waals surface area contributed by atoms with Crippen LogP contribution in [0.25, 0.3) is 11.0 Å². The van der Waals surface area contributed by atoms with Gasteiger partial charge in [-0.15, -0.1) is 0 Å². The minimum Gasteiger partial charge on any atom is -0.487 e. The molecule has 36 heavy (non-hydrogen) atoms. The third-order valence-electron chi connectivity index (χ3n) is 5.80. The molecule has 0 fully saturated rings. The highest BCUT2D eigenvalue weighted by atomic mass is 19.1. The van der Waals surface area contributed by atoms with Crippen LogP contribution in [0.2, 0.25) is 0 Å². The molecule has 3 N–H and O–H groups in total. The molecular weight excluding hydrogens is 467 g/mol. The molecule has 1 aliphatic heterocycles. The van der Waals surface area contributed by atoms with Crippen molar-refractivity contribution in [2.45, 2.75) is 19.1 Å². The summed E-state index contributed by atoms with van der Waals surface area (Å²) in [7, 11) is 0. The number of carbonyl (C=O) groups is 2. The van der Waals surface area contributed by atoms with Crippen molar-refractivity contribution in [3.05, 3.63) is 105 Å². The lowest BCUT2D eigenvalue weighted by molar-refractivity contribution is 0.0510. The molecule has 0 saturated heterocycles. The van der Waals surface area contributed by atoms with Gasteiger partial charge in [0.05, 0.1) is 24.3 Å². The number of carbonyl (C=O) groups excluding carboxylic acids is 2. The number of fused-ring (bicyclic) bond motifs is 2. The first-order chi connectivity index (χ1) is 17.4. The minimum atomic E-state index is -0.884. The molecule has 1 atom stereocenters. The largest absolute Gasteiger partial charge is 0.487 e. The maximum atomic E-state index is 13.0. The predicted octanol–water partition coefficient (Wildman–Crippen LogP) is 3.80. The molecule has 0 spiro atoms. The van der Waals surface area contributed by atoms with E-state index in [0.29, 0.717) is 30.9 Å². The van der Waals surface area contributed by atoms with E-state index >= 15 is 0 Å². The minimum absolute atomic E-state index is 0.0648. The van der Waals surface area contributed by atoms with Crippen LogP contribution in [-0.4, -0.2) is 24.5 Å². The van der Waals surface area contributed by atoms with Gasteiger partial charge in [-0.25, -0.2) is 4.39 Å². The van der Waals surface area contributed by atoms with Crippen LogP contribution >= 0.6 is 0 Å². The van der Waals surface area contributed by atoms with Crippen molar-refractivity contribution in [2.75, 3.05) is 11.9 Å². The van der Waals surface area contributed by atoms with Crippen molar-refractivity contribution in [3.8, 4) is 5.75 Å². The third-order valence-corrected chi connectivity index (χ3v) is 5.80. The Balaban J connectivity index is 1.27. The van der Waals surface area contributed by atoms with Crippen LogP contribution in [0, 0.1) is 5.82 Å². The molecule has 9 heteroatoms. The van der Waals surface area contributed by atoms with Crippen molar-refractivity contribution >= 4 is 28.5 Å². The van der Waals surface area contributed by atoms with E-state index in [9.17, 15) is 18.8 Å². The number of benzene rings is 3. The van der Waals surface area contributed by atoms with E-state index in [1.54, 1.807) is 42.5 Å². The van der Waals surface area contributed by atoms with Crippen LogP contribution in [0.1, 0.15) is 32.0 Å². The van der Waals surface area contributed by atoms with Crippen LogP contribution in [0.15, 0.2) is 75.9 Å². The summed E-state index contributed by atoms with van der Waals surface area (Å²) in [6.07, 6.45) is 0.351. The van der Waals surface area contributed by atoms with Gasteiger partial charge in [-0.1, -0.05) is 18.2 Å². The van der Waals surface area contributed by atoms with Gasteiger partial charge in [-0.05, 0) is 53.6 Å². The molecule has 0 bridgehead atoms. The Morgan fingerprint density at radius 1 is 1.08 bits per heavy atom. The monoisotopic (exact) mass is 488 g/mol. The first kappa shape index (κ1) is 23.3. The van der Waals surface area contributed by atoms with Gasteiger partial charge in [0.25, 0.3) is 11.8 Å². The van der Waals surface area contributed by atoms with E-state index < -0.39 is 17.2 Å². The summed E-state index contributed by atoms with van der Waals surface area (Å²) in [5, 5.41) is 2.95. The summed E-state index contributed by atoms with van der Waals surface area (Å²) in [5.74, 6) is -1.23. The van der Waals surface area contributed by atoms with E-state index in [1.807, 2.05) is 0 Å². The average Bonchev–Trinajstić information content (AvgIpc) is 3.27. The number of rotatable bonds is 7. The predicted molar refractivity (Wildman–Crippen MR) is 130 cm³/mol. The van der Waals surface area contributed by atoms with Gasteiger partial charge in [-0.3, -0.25) is 14.4 Å². The highest BCUT2D eigenvalue weighted by Crippen LogP contribution is 2.30. The Labute approximate surface area is 204 Å². The van der Waals surface area contributed by atoms with Gasteiger partial charge in [0, 0.05) is 18.1 Å². The second-order valence-electron chi connectivity index (χ2n) is 8.38. The number of anilines is 1. The van der Waals surface area contributed by atoms with Crippen LogP contribution in [-0.2, 0) is 17.8 Å². The van der Waals surface area contributed by atoms with Gasteiger partial charge >= 0.3 is 0 Å². The summed E-state index contributed by atoms with van der Waals surface area (Å²) < 4.78 is 30.1. The normalized spacial score (nSPS) is 14.3. The van der Waals surface area contributed by atoms with Crippen LogP contribution in [0.3, 0.4) is 0 Å². The van der Waals surface area contributed by atoms with E-state index in [2.05, 4.69) is 5.32 Å². The van der Waals surface area contributed by atoms with Crippen molar-refractivity contribution < 1.29 is 27.9 Å². The molecule has 4 aromatic rings. The fraction of sp³-hybridized carbons (Fsp3) is 0.148. The molecule has 1 unspecified atom stereocenters. The van der Waals surface area contributed by atoms with Gasteiger partial charge in [0.2, 0.25) is 0 Å². The van der Waals surface area contributed by atoms with Crippen molar-refractivity contribution in [2.24, 2.45) is 5.73 Å². The highest BCUT2D eigenvalue weighted by Gasteiger charge is 2.24. The number of nitrogens with one attached hydrogen (secondary N) is 1. The molecular formula is C27H21FN2O6. The highest BCUT2D eigenvalue weighted by molar-refractivity contribution is 6.08. The molecule has 182 valence electrons. The first-order valence-corrected chi connectivity index (χ1v) is 11.2. The van der Waals surface area contributed by atoms with Gasteiger partial charge < -0.3 is 24.9 Å². The van der Waals surface area contributed by atoms with Crippen LogP contribution < -0.4 is 21.2 Å². The van der Waals surface area contributed by atoms with Crippen molar-refractivity contribution in [1.29, 1.82) is 0 Å². The Morgan fingerprint density at radius 3 is 2.67 bits per heavy atom. The number of para-hydroxylation sites is 1. The number of halogens is 1. The summed E-state index contributed by atoms with van der Waals surface area (Å²) in [4.78, 5) is 36.8. The smallest absolute Gasteiger partial charge is 0.284 e. The maximum absolute atomic E-state index is 13.0. The molecule has 1 aromatic heterocycles. The zero-order chi connectivity index (χ0) is 25.2. The lowest BCUT2D eigenvalue weighted by atomic mass is 10.1. The molecule has 0 aliphatic carbocycles. The Bertz CT molecular complexity index is 1530. The Kier molecular flexibility index (Phi) is 6.22. The van der Waals surface area contributed by atoms with Gasteiger partial charge in [0.15, 0.2) is 16.8 Å². The standard InChI is InChI=1S/C27H21FN2O6/c28-18-7-4-15(5-8-18)13-34-14-19-11-17-10-16(6-9-23(17)35-19)27(33)30-21-3-1-2-20-22(31)12-24(26(29)32)36-25(20)21/h1-10,12,19H,11,13-14H2,(H2,29,32)(H,30,33). The quantitative estimate of drug-likeness (QED) is 0.408. The number of hydrogen-bond donors (Lipinski definition) is 2. The van der Waals surface area contributed by atoms with Crippen molar-refractivity contribution in [3.63, 3.8) is 0 Å². The molecule has 0 saturated carbocycles. The number of ether oxygens (including phenoxy) is 2. The molecule has 0 radical (unpaired) electrons. The number of amides is 2. The second-order valence-corrected chi connectivity index (χ2v) is 8.38. The van der Waals surface area contributed by atoms with Gasteiger partial charge in [0.1, 0.15) is 17.7 Å². The molecule has 2 heterocycles. The van der Waals surface area contributed by atoms with Crippen LogP contribution in [0.4, 0.5) is 10.1 Å². The fourth-order valence-electron chi connectivity index (χ4n) is 4.04. The van der Waals surface area contributed by atoms with Crippen LogP contribution in [0.5, 0.6) is 5.75 Å². The van der Waals surface area contributed by atoms with E-state index in [-0.39, 0.29) is 34.3 Å². The lowest BCUT2D eigenvalue weighted by Gasteiger charge is -2.11. The van der Waals surface area contributed by atoms with E-state index in [4.69, 9.17) is 19.6 Å². The summed E-state index contributed by atoms with van der Waals surface area (Å²) >= 11 is 0. The number of nitrogens with two attached hydrogens (primary N) is 1.